The molecule has 0 aromatic heterocycles. The second-order valence-electron chi connectivity index (χ2n) is 6.27. The number of hydrogen-bond acceptors (Lipinski definition) is 3. The largest absolute Gasteiger partial charge is 0.314 e. The number of benzene rings is 1. The molecular formula is C17H27NO2S. The van der Waals surface area contributed by atoms with E-state index in [2.05, 4.69) is 43.4 Å². The highest BCUT2D eigenvalue weighted by Gasteiger charge is 2.34. The fraction of sp³-hybridized carbons (Fsp3) is 0.647. The van der Waals surface area contributed by atoms with Crippen molar-refractivity contribution in [2.24, 2.45) is 5.92 Å². The van der Waals surface area contributed by atoms with Crippen LogP contribution in [-0.4, -0.2) is 32.5 Å². The van der Waals surface area contributed by atoms with Crippen LogP contribution in [0, 0.1) is 5.92 Å². The number of rotatable bonds is 7. The molecule has 1 aliphatic rings. The van der Waals surface area contributed by atoms with Crippen molar-refractivity contribution in [2.45, 2.75) is 45.1 Å². The summed E-state index contributed by atoms with van der Waals surface area (Å²) < 4.78 is 23.5. The molecule has 0 amide bonds. The first-order valence-electron chi connectivity index (χ1n) is 8.00. The van der Waals surface area contributed by atoms with Crippen LogP contribution in [0.25, 0.3) is 0 Å². The maximum atomic E-state index is 11.7. The van der Waals surface area contributed by atoms with Crippen molar-refractivity contribution in [1.82, 2.24) is 5.32 Å². The van der Waals surface area contributed by atoms with Gasteiger partial charge in [-0.2, -0.15) is 0 Å². The van der Waals surface area contributed by atoms with Gasteiger partial charge < -0.3 is 5.32 Å². The first-order chi connectivity index (χ1) is 10.0. The summed E-state index contributed by atoms with van der Waals surface area (Å²) in [6.07, 6.45) is 2.89. The zero-order valence-corrected chi connectivity index (χ0v) is 13.9. The van der Waals surface area contributed by atoms with E-state index in [-0.39, 0.29) is 5.92 Å². The maximum Gasteiger partial charge on any atom is 0.150 e. The Kier molecular flexibility index (Phi) is 5.82. The first-order valence-corrected chi connectivity index (χ1v) is 9.82. The third-order valence-corrected chi connectivity index (χ3v) is 6.26. The predicted molar refractivity (Wildman–Crippen MR) is 88.3 cm³/mol. The molecule has 1 fully saturated rings. The van der Waals surface area contributed by atoms with Crippen molar-refractivity contribution in [2.75, 3.05) is 18.1 Å². The van der Waals surface area contributed by atoms with Crippen LogP contribution in [0.3, 0.4) is 0 Å². The summed E-state index contributed by atoms with van der Waals surface area (Å²) in [5.74, 6) is 1.44. The molecule has 0 saturated carbocycles. The van der Waals surface area contributed by atoms with E-state index in [1.807, 2.05) is 6.07 Å². The van der Waals surface area contributed by atoms with E-state index in [1.165, 1.54) is 5.56 Å². The van der Waals surface area contributed by atoms with Crippen molar-refractivity contribution < 1.29 is 8.42 Å². The molecule has 1 aromatic rings. The van der Waals surface area contributed by atoms with Crippen molar-refractivity contribution >= 4 is 9.84 Å². The molecule has 1 saturated heterocycles. The highest BCUT2D eigenvalue weighted by molar-refractivity contribution is 7.91. The Morgan fingerprint density at radius 3 is 2.57 bits per heavy atom. The van der Waals surface area contributed by atoms with Gasteiger partial charge in [-0.3, -0.25) is 0 Å². The van der Waals surface area contributed by atoms with Crippen LogP contribution < -0.4 is 5.32 Å². The zero-order chi connectivity index (χ0) is 15.3. The first kappa shape index (κ1) is 16.5. The molecule has 4 heteroatoms. The van der Waals surface area contributed by atoms with Crippen molar-refractivity contribution in [3.63, 3.8) is 0 Å². The van der Waals surface area contributed by atoms with Gasteiger partial charge in [0.1, 0.15) is 0 Å². The van der Waals surface area contributed by atoms with Crippen LogP contribution in [0.4, 0.5) is 0 Å². The van der Waals surface area contributed by atoms with Gasteiger partial charge in [-0.25, -0.2) is 8.42 Å². The lowest BCUT2D eigenvalue weighted by Crippen LogP contribution is -2.38. The molecule has 118 valence electrons. The monoisotopic (exact) mass is 309 g/mol. The molecule has 0 bridgehead atoms. The van der Waals surface area contributed by atoms with E-state index in [1.54, 1.807) is 0 Å². The van der Waals surface area contributed by atoms with E-state index in [0.29, 0.717) is 23.5 Å². The molecule has 1 aliphatic heterocycles. The van der Waals surface area contributed by atoms with Gasteiger partial charge in [0.15, 0.2) is 9.84 Å². The SMILES string of the molecule is CCCNC(CC(C)c1ccccc1)C1CCS(=O)(=O)C1. The Morgan fingerprint density at radius 1 is 1.29 bits per heavy atom. The van der Waals surface area contributed by atoms with Gasteiger partial charge >= 0.3 is 0 Å². The summed E-state index contributed by atoms with van der Waals surface area (Å²) in [7, 11) is -2.81. The van der Waals surface area contributed by atoms with Crippen LogP contribution in [0.1, 0.15) is 44.6 Å². The Labute approximate surface area is 129 Å². The molecule has 0 aliphatic carbocycles. The molecule has 1 N–H and O–H groups in total. The molecule has 0 spiro atoms. The molecule has 2 rings (SSSR count). The Bertz CT molecular complexity index is 527. The molecule has 3 nitrogen and oxygen atoms in total. The topological polar surface area (TPSA) is 46.2 Å². The summed E-state index contributed by atoms with van der Waals surface area (Å²) >= 11 is 0. The quantitative estimate of drug-likeness (QED) is 0.842. The standard InChI is InChI=1S/C17H27NO2S/c1-3-10-18-17(16-9-11-21(19,20)13-16)12-14(2)15-7-5-4-6-8-15/h4-8,14,16-18H,3,9-13H2,1-2H3. The zero-order valence-electron chi connectivity index (χ0n) is 13.1. The van der Waals surface area contributed by atoms with Gasteiger partial charge in [0.25, 0.3) is 0 Å². The van der Waals surface area contributed by atoms with Gasteiger partial charge in [0.05, 0.1) is 11.5 Å². The summed E-state index contributed by atoms with van der Waals surface area (Å²) in [5, 5.41) is 3.59. The Balaban J connectivity index is 2.02. The lowest BCUT2D eigenvalue weighted by Gasteiger charge is -2.27. The van der Waals surface area contributed by atoms with Crippen LogP contribution in [-0.2, 0) is 9.84 Å². The van der Waals surface area contributed by atoms with Gasteiger partial charge in [-0.1, -0.05) is 44.2 Å². The molecule has 1 heterocycles. The Morgan fingerprint density at radius 2 is 2.00 bits per heavy atom. The molecule has 3 unspecified atom stereocenters. The number of nitrogens with one attached hydrogen (secondary N) is 1. The molecular weight excluding hydrogens is 282 g/mol. The highest BCUT2D eigenvalue weighted by atomic mass is 32.2. The minimum absolute atomic E-state index is 0.271. The third kappa shape index (κ3) is 4.82. The maximum absolute atomic E-state index is 11.7. The molecule has 0 radical (unpaired) electrons. The predicted octanol–water partition coefficient (Wildman–Crippen LogP) is 2.98. The lowest BCUT2D eigenvalue weighted by atomic mass is 9.87. The van der Waals surface area contributed by atoms with Gasteiger partial charge in [-0.15, -0.1) is 0 Å². The van der Waals surface area contributed by atoms with Crippen LogP contribution in [0.2, 0.25) is 0 Å². The summed E-state index contributed by atoms with van der Waals surface area (Å²) in [5.41, 5.74) is 1.33. The van der Waals surface area contributed by atoms with Gasteiger partial charge in [0.2, 0.25) is 0 Å². The fourth-order valence-corrected chi connectivity index (χ4v) is 5.09. The van der Waals surface area contributed by atoms with E-state index in [4.69, 9.17) is 0 Å². The average molecular weight is 309 g/mol. The highest BCUT2D eigenvalue weighted by Crippen LogP contribution is 2.29. The van der Waals surface area contributed by atoms with Crippen LogP contribution in [0.15, 0.2) is 30.3 Å². The van der Waals surface area contributed by atoms with E-state index in [0.717, 1.165) is 25.8 Å². The van der Waals surface area contributed by atoms with Crippen LogP contribution >= 0.6 is 0 Å². The molecule has 21 heavy (non-hydrogen) atoms. The second kappa shape index (κ2) is 7.41. The van der Waals surface area contributed by atoms with Gasteiger partial charge in [0, 0.05) is 6.04 Å². The lowest BCUT2D eigenvalue weighted by molar-refractivity contribution is 0.345. The van der Waals surface area contributed by atoms with E-state index < -0.39 is 9.84 Å². The average Bonchev–Trinajstić information content (AvgIpc) is 2.84. The van der Waals surface area contributed by atoms with Gasteiger partial charge in [-0.05, 0) is 43.2 Å². The summed E-state index contributed by atoms with van der Waals surface area (Å²) in [6, 6.07) is 10.8. The summed E-state index contributed by atoms with van der Waals surface area (Å²) in [4.78, 5) is 0. The molecule has 3 atom stereocenters. The second-order valence-corrected chi connectivity index (χ2v) is 8.50. The normalized spacial score (nSPS) is 23.8. The van der Waals surface area contributed by atoms with E-state index in [9.17, 15) is 8.42 Å². The third-order valence-electron chi connectivity index (χ3n) is 4.47. The molecule has 1 aromatic carbocycles. The fourth-order valence-electron chi connectivity index (χ4n) is 3.21. The summed E-state index contributed by atoms with van der Waals surface area (Å²) in [6.45, 7) is 5.35. The van der Waals surface area contributed by atoms with E-state index >= 15 is 0 Å². The smallest absolute Gasteiger partial charge is 0.150 e. The number of sulfone groups is 1. The van der Waals surface area contributed by atoms with Crippen molar-refractivity contribution in [3.8, 4) is 0 Å². The minimum atomic E-state index is -2.81. The Hall–Kier alpha value is -0.870. The van der Waals surface area contributed by atoms with Crippen LogP contribution in [0.5, 0.6) is 0 Å². The van der Waals surface area contributed by atoms with Crippen molar-refractivity contribution in [1.29, 1.82) is 0 Å². The van der Waals surface area contributed by atoms with Crippen molar-refractivity contribution in [3.05, 3.63) is 35.9 Å². The minimum Gasteiger partial charge on any atom is -0.314 e. The number of hydrogen-bond donors (Lipinski definition) is 1.